The van der Waals surface area contributed by atoms with E-state index in [-0.39, 0.29) is 13.0 Å². The van der Waals surface area contributed by atoms with Crippen LogP contribution in [0.5, 0.6) is 0 Å². The van der Waals surface area contributed by atoms with Crippen LogP contribution in [0, 0.1) is 5.92 Å². The third-order valence-electron chi connectivity index (χ3n) is 5.12. The number of nitrogens with one attached hydrogen (secondary N) is 2. The average molecular weight is 470 g/mol. The number of rotatable bonds is 11. The molecule has 2 rings (SSSR count). The van der Waals surface area contributed by atoms with Crippen LogP contribution in [-0.4, -0.2) is 47.3 Å². The lowest BCUT2D eigenvalue weighted by atomic mass is 9.88. The van der Waals surface area contributed by atoms with Gasteiger partial charge in [0.15, 0.2) is 0 Å². The van der Waals surface area contributed by atoms with E-state index < -0.39 is 41.6 Å². The van der Waals surface area contributed by atoms with Crippen LogP contribution in [0.1, 0.15) is 38.3 Å². The molecule has 0 heterocycles. The summed E-state index contributed by atoms with van der Waals surface area (Å²) in [5.41, 5.74) is 6.30. The summed E-state index contributed by atoms with van der Waals surface area (Å²) >= 11 is 0. The van der Waals surface area contributed by atoms with Gasteiger partial charge in [-0.25, -0.2) is 4.79 Å². The third kappa shape index (κ3) is 10.0. The zero-order valence-corrected chi connectivity index (χ0v) is 20.0. The predicted molar refractivity (Wildman–Crippen MR) is 130 cm³/mol. The molecule has 0 radical (unpaired) electrons. The quantitative estimate of drug-likeness (QED) is 0.401. The maximum atomic E-state index is 12.8. The first-order valence-corrected chi connectivity index (χ1v) is 11.3. The van der Waals surface area contributed by atoms with Gasteiger partial charge in [-0.3, -0.25) is 9.59 Å². The number of hydrogen-bond donors (Lipinski definition) is 4. The molecule has 8 heteroatoms. The van der Waals surface area contributed by atoms with E-state index >= 15 is 0 Å². The Hall–Kier alpha value is -3.39. The van der Waals surface area contributed by atoms with Crippen molar-refractivity contribution in [2.45, 2.75) is 57.8 Å². The van der Waals surface area contributed by atoms with Crippen LogP contribution >= 0.6 is 0 Å². The van der Waals surface area contributed by atoms with E-state index in [0.717, 1.165) is 11.1 Å². The van der Waals surface area contributed by atoms with E-state index in [1.54, 1.807) is 20.8 Å². The second-order valence-electron chi connectivity index (χ2n) is 9.32. The van der Waals surface area contributed by atoms with Gasteiger partial charge in [0, 0.05) is 5.92 Å². The summed E-state index contributed by atoms with van der Waals surface area (Å²) in [6.07, 6.45) is -0.937. The summed E-state index contributed by atoms with van der Waals surface area (Å²) in [5, 5.41) is 16.4. The van der Waals surface area contributed by atoms with Crippen molar-refractivity contribution in [2.24, 2.45) is 11.7 Å². The molecule has 8 nitrogen and oxygen atoms in total. The Morgan fingerprint density at radius 3 is 1.97 bits per heavy atom. The number of ether oxygens (including phenoxy) is 1. The fourth-order valence-electron chi connectivity index (χ4n) is 3.57. The van der Waals surface area contributed by atoms with Gasteiger partial charge in [-0.2, -0.15) is 0 Å². The first-order chi connectivity index (χ1) is 16.0. The number of aliphatic hydroxyl groups is 1. The highest BCUT2D eigenvalue weighted by atomic mass is 16.6. The molecule has 0 saturated heterocycles. The van der Waals surface area contributed by atoms with E-state index in [1.807, 2.05) is 60.7 Å². The van der Waals surface area contributed by atoms with Crippen molar-refractivity contribution < 1.29 is 24.2 Å². The van der Waals surface area contributed by atoms with Crippen LogP contribution in [0.4, 0.5) is 4.79 Å². The number of carbonyl (C=O) groups is 3. The lowest BCUT2D eigenvalue weighted by Gasteiger charge is -2.29. The molecule has 2 aromatic rings. The van der Waals surface area contributed by atoms with E-state index in [9.17, 15) is 19.5 Å². The van der Waals surface area contributed by atoms with Gasteiger partial charge in [-0.1, -0.05) is 60.7 Å². The SMILES string of the molecule is CC(C)(C)OC(=O)N[C@@H](Cc1ccccc1)[C@@H](O)C[C@H](Cc1ccccc1)C(=O)NCC(N)=O. The Balaban J connectivity index is 2.20. The minimum atomic E-state index is -1.05. The molecular formula is C26H35N3O5. The molecule has 0 saturated carbocycles. The van der Waals surface area contributed by atoms with Crippen molar-refractivity contribution in [1.82, 2.24) is 10.6 Å². The van der Waals surface area contributed by atoms with Crippen molar-refractivity contribution in [2.75, 3.05) is 6.54 Å². The first-order valence-electron chi connectivity index (χ1n) is 11.3. The molecule has 0 aromatic heterocycles. The van der Waals surface area contributed by atoms with E-state index in [0.29, 0.717) is 12.8 Å². The van der Waals surface area contributed by atoms with Gasteiger partial charge in [0.2, 0.25) is 11.8 Å². The molecule has 184 valence electrons. The maximum Gasteiger partial charge on any atom is 0.407 e. The summed E-state index contributed by atoms with van der Waals surface area (Å²) in [6, 6.07) is 18.1. The molecule has 2 aromatic carbocycles. The lowest BCUT2D eigenvalue weighted by molar-refractivity contribution is -0.128. The van der Waals surface area contributed by atoms with Crippen molar-refractivity contribution in [3.63, 3.8) is 0 Å². The Kier molecular flexibility index (Phi) is 10.1. The van der Waals surface area contributed by atoms with Gasteiger partial charge in [0.1, 0.15) is 5.60 Å². The highest BCUT2D eigenvalue weighted by Crippen LogP contribution is 2.19. The van der Waals surface area contributed by atoms with Crippen molar-refractivity contribution >= 4 is 17.9 Å². The predicted octanol–water partition coefficient (Wildman–Crippen LogP) is 2.33. The minimum Gasteiger partial charge on any atom is -0.444 e. The van der Waals surface area contributed by atoms with Crippen LogP contribution in [0.25, 0.3) is 0 Å². The van der Waals surface area contributed by atoms with E-state index in [4.69, 9.17) is 10.5 Å². The molecule has 0 aliphatic carbocycles. The molecule has 0 bridgehead atoms. The number of hydrogen-bond acceptors (Lipinski definition) is 5. The highest BCUT2D eigenvalue weighted by Gasteiger charge is 2.30. The number of aliphatic hydroxyl groups excluding tert-OH is 1. The van der Waals surface area contributed by atoms with E-state index in [2.05, 4.69) is 10.6 Å². The number of benzene rings is 2. The van der Waals surface area contributed by atoms with Gasteiger partial charge in [-0.05, 0) is 51.2 Å². The minimum absolute atomic E-state index is 0.0623. The molecule has 0 spiro atoms. The van der Waals surface area contributed by atoms with Gasteiger partial charge in [0.05, 0.1) is 18.7 Å². The Bertz CT molecular complexity index is 928. The molecule has 3 atom stereocenters. The zero-order chi connectivity index (χ0) is 25.1. The highest BCUT2D eigenvalue weighted by molar-refractivity contribution is 5.85. The van der Waals surface area contributed by atoms with E-state index in [1.165, 1.54) is 0 Å². The molecule has 0 unspecified atom stereocenters. The van der Waals surface area contributed by atoms with Crippen LogP contribution in [-0.2, 0) is 27.2 Å². The van der Waals surface area contributed by atoms with Gasteiger partial charge in [-0.15, -0.1) is 0 Å². The van der Waals surface area contributed by atoms with Gasteiger partial charge in [0.25, 0.3) is 0 Å². The smallest absolute Gasteiger partial charge is 0.407 e. The van der Waals surface area contributed by atoms with Gasteiger partial charge >= 0.3 is 6.09 Å². The van der Waals surface area contributed by atoms with Gasteiger partial charge < -0.3 is 26.2 Å². The Labute approximate surface area is 200 Å². The number of primary amides is 1. The fourth-order valence-corrected chi connectivity index (χ4v) is 3.57. The zero-order valence-electron chi connectivity index (χ0n) is 20.0. The summed E-state index contributed by atoms with van der Waals surface area (Å²) in [6.45, 7) is 4.99. The summed E-state index contributed by atoms with van der Waals surface area (Å²) in [4.78, 5) is 36.5. The second-order valence-corrected chi connectivity index (χ2v) is 9.32. The first kappa shape index (κ1) is 26.9. The Morgan fingerprint density at radius 1 is 0.941 bits per heavy atom. The summed E-state index contributed by atoms with van der Waals surface area (Å²) in [7, 11) is 0. The topological polar surface area (TPSA) is 131 Å². The molecule has 3 amide bonds. The van der Waals surface area contributed by atoms with Crippen LogP contribution < -0.4 is 16.4 Å². The van der Waals surface area contributed by atoms with Crippen LogP contribution in [0.2, 0.25) is 0 Å². The molecular weight excluding hydrogens is 434 g/mol. The largest absolute Gasteiger partial charge is 0.444 e. The average Bonchev–Trinajstić information content (AvgIpc) is 2.76. The monoisotopic (exact) mass is 469 g/mol. The molecule has 5 N–H and O–H groups in total. The number of carbonyl (C=O) groups excluding carboxylic acids is 3. The Morgan fingerprint density at radius 2 is 1.47 bits per heavy atom. The molecule has 0 aliphatic heterocycles. The maximum absolute atomic E-state index is 12.8. The number of nitrogens with two attached hydrogens (primary N) is 1. The summed E-state index contributed by atoms with van der Waals surface area (Å²) in [5.74, 6) is -1.69. The van der Waals surface area contributed by atoms with Crippen LogP contribution in [0.3, 0.4) is 0 Å². The van der Waals surface area contributed by atoms with Crippen molar-refractivity contribution in [3.8, 4) is 0 Å². The normalized spacial score (nSPS) is 13.9. The number of amides is 3. The van der Waals surface area contributed by atoms with Crippen molar-refractivity contribution in [3.05, 3.63) is 71.8 Å². The second kappa shape index (κ2) is 12.7. The van der Waals surface area contributed by atoms with Crippen molar-refractivity contribution in [1.29, 1.82) is 0 Å². The third-order valence-corrected chi connectivity index (χ3v) is 5.12. The fraction of sp³-hybridized carbons (Fsp3) is 0.423. The molecule has 34 heavy (non-hydrogen) atoms. The molecule has 0 aliphatic rings. The molecule has 0 fully saturated rings. The summed E-state index contributed by atoms with van der Waals surface area (Å²) < 4.78 is 5.38. The standard InChI is InChI=1S/C26H35N3O5/c1-26(2,3)34-25(33)29-21(15-19-12-8-5-9-13-19)22(30)16-20(24(32)28-17-23(27)31)14-18-10-6-4-7-11-18/h4-13,20-22,30H,14-17H2,1-3H3,(H2,27,31)(H,28,32)(H,29,33)/t20-,21-,22-/m0/s1. The van der Waals surface area contributed by atoms with Crippen LogP contribution in [0.15, 0.2) is 60.7 Å². The number of alkyl carbamates (subject to hydrolysis) is 1. The lowest BCUT2D eigenvalue weighted by Crippen LogP contribution is -2.48.